The largest absolute Gasteiger partial charge is 0.478 e. The van der Waals surface area contributed by atoms with E-state index in [1.807, 2.05) is 0 Å². The van der Waals surface area contributed by atoms with E-state index in [4.69, 9.17) is 0 Å². The zero-order chi connectivity index (χ0) is 14.3. The summed E-state index contributed by atoms with van der Waals surface area (Å²) in [5, 5.41) is 9.95. The van der Waals surface area contributed by atoms with Crippen molar-refractivity contribution in [1.82, 2.24) is 4.98 Å². The summed E-state index contributed by atoms with van der Waals surface area (Å²) < 4.78 is 13.9. The van der Waals surface area contributed by atoms with Crippen molar-refractivity contribution in [2.24, 2.45) is 5.92 Å². The van der Waals surface area contributed by atoms with Gasteiger partial charge in [0.15, 0.2) is 0 Å². The first-order valence-corrected chi connectivity index (χ1v) is 6.95. The van der Waals surface area contributed by atoms with E-state index in [0.717, 1.165) is 36.9 Å². The van der Waals surface area contributed by atoms with E-state index in [2.05, 4.69) is 11.9 Å². The van der Waals surface area contributed by atoms with Crippen molar-refractivity contribution < 1.29 is 14.3 Å². The molecular weight excluding hydrogens is 257 g/mol. The average molecular weight is 273 g/mol. The van der Waals surface area contributed by atoms with Gasteiger partial charge in [-0.1, -0.05) is 25.5 Å². The standard InChI is InChI=1S/C16H16FNO2/c1-2-9-6-7-13-11(8-9)14(16(19)20)10-4-3-5-12(17)15(10)18-13/h3-5,9H,2,6-8H2,1H3,(H,19,20). The number of pyridine rings is 1. The van der Waals surface area contributed by atoms with Crippen molar-refractivity contribution in [3.63, 3.8) is 0 Å². The van der Waals surface area contributed by atoms with Gasteiger partial charge in [-0.3, -0.25) is 0 Å². The highest BCUT2D eigenvalue weighted by molar-refractivity contribution is 6.04. The number of rotatable bonds is 2. The van der Waals surface area contributed by atoms with E-state index in [1.54, 1.807) is 6.07 Å². The lowest BCUT2D eigenvalue weighted by atomic mass is 9.82. The molecule has 1 aromatic carbocycles. The fourth-order valence-corrected chi connectivity index (χ4v) is 3.09. The van der Waals surface area contributed by atoms with E-state index in [-0.39, 0.29) is 11.1 Å². The van der Waals surface area contributed by atoms with E-state index in [0.29, 0.717) is 11.3 Å². The van der Waals surface area contributed by atoms with Gasteiger partial charge in [-0.25, -0.2) is 14.2 Å². The summed E-state index contributed by atoms with van der Waals surface area (Å²) in [5.74, 6) is -0.949. The van der Waals surface area contributed by atoms with Gasteiger partial charge in [0.1, 0.15) is 11.3 Å². The number of hydrogen-bond acceptors (Lipinski definition) is 2. The SMILES string of the molecule is CCC1CCc2nc3c(F)cccc3c(C(=O)O)c2C1. The molecule has 0 saturated carbocycles. The molecule has 0 spiro atoms. The Morgan fingerprint density at radius 3 is 3.00 bits per heavy atom. The van der Waals surface area contributed by atoms with Crippen molar-refractivity contribution in [3.8, 4) is 0 Å². The van der Waals surface area contributed by atoms with Gasteiger partial charge in [-0.15, -0.1) is 0 Å². The van der Waals surface area contributed by atoms with Gasteiger partial charge < -0.3 is 5.11 Å². The van der Waals surface area contributed by atoms with Crippen molar-refractivity contribution in [2.75, 3.05) is 0 Å². The van der Waals surface area contributed by atoms with Crippen molar-refractivity contribution in [2.45, 2.75) is 32.6 Å². The molecule has 0 amide bonds. The minimum Gasteiger partial charge on any atom is -0.478 e. The molecule has 0 fully saturated rings. The molecule has 0 saturated heterocycles. The maximum absolute atomic E-state index is 13.9. The molecule has 1 aliphatic carbocycles. The lowest BCUT2D eigenvalue weighted by Crippen LogP contribution is -2.19. The van der Waals surface area contributed by atoms with Gasteiger partial charge in [0.25, 0.3) is 0 Å². The Balaban J connectivity index is 2.32. The first kappa shape index (κ1) is 13.0. The number of fused-ring (bicyclic) bond motifs is 2. The second-order valence-corrected chi connectivity index (χ2v) is 5.37. The average Bonchev–Trinajstić information content (AvgIpc) is 2.44. The summed E-state index contributed by atoms with van der Waals surface area (Å²) in [7, 11) is 0. The second-order valence-electron chi connectivity index (χ2n) is 5.37. The Morgan fingerprint density at radius 2 is 2.30 bits per heavy atom. The molecule has 2 aromatic rings. The van der Waals surface area contributed by atoms with Crippen LogP contribution in [0.4, 0.5) is 4.39 Å². The van der Waals surface area contributed by atoms with Gasteiger partial charge in [0.2, 0.25) is 0 Å². The Labute approximate surface area is 116 Å². The van der Waals surface area contributed by atoms with Crippen LogP contribution in [0.5, 0.6) is 0 Å². The molecule has 0 radical (unpaired) electrons. The number of benzene rings is 1. The number of aromatic nitrogens is 1. The monoisotopic (exact) mass is 273 g/mol. The van der Waals surface area contributed by atoms with Gasteiger partial charge in [0, 0.05) is 11.1 Å². The number of carbonyl (C=O) groups is 1. The summed E-state index contributed by atoms with van der Waals surface area (Å²) >= 11 is 0. The molecule has 20 heavy (non-hydrogen) atoms. The molecule has 3 rings (SSSR count). The number of aryl methyl sites for hydroxylation is 1. The van der Waals surface area contributed by atoms with E-state index in [1.165, 1.54) is 12.1 Å². The van der Waals surface area contributed by atoms with Crippen LogP contribution in [0.3, 0.4) is 0 Å². The van der Waals surface area contributed by atoms with E-state index >= 15 is 0 Å². The quantitative estimate of drug-likeness (QED) is 0.909. The minimum absolute atomic E-state index is 0.179. The van der Waals surface area contributed by atoms with Gasteiger partial charge in [0.05, 0.1) is 5.56 Å². The highest BCUT2D eigenvalue weighted by Crippen LogP contribution is 2.33. The number of nitrogens with zero attached hydrogens (tertiary/aromatic N) is 1. The van der Waals surface area contributed by atoms with Crippen LogP contribution in [-0.4, -0.2) is 16.1 Å². The number of carboxylic acid groups (broad SMARTS) is 1. The highest BCUT2D eigenvalue weighted by Gasteiger charge is 2.26. The summed E-state index contributed by atoms with van der Waals surface area (Å²) in [6, 6.07) is 4.51. The molecule has 3 nitrogen and oxygen atoms in total. The van der Waals surface area contributed by atoms with Crippen molar-refractivity contribution in [1.29, 1.82) is 0 Å². The van der Waals surface area contributed by atoms with Crippen LogP contribution in [-0.2, 0) is 12.8 Å². The third-order valence-electron chi connectivity index (χ3n) is 4.23. The lowest BCUT2D eigenvalue weighted by Gasteiger charge is -2.25. The normalized spacial score (nSPS) is 18.0. The smallest absolute Gasteiger partial charge is 0.336 e. The number of hydrogen-bond donors (Lipinski definition) is 1. The Morgan fingerprint density at radius 1 is 1.50 bits per heavy atom. The van der Waals surface area contributed by atoms with Crippen molar-refractivity contribution >= 4 is 16.9 Å². The predicted octanol–water partition coefficient (Wildman–Crippen LogP) is 3.59. The summed E-state index contributed by atoms with van der Waals surface area (Å²) in [4.78, 5) is 16.0. The number of aromatic carboxylic acids is 1. The third-order valence-corrected chi connectivity index (χ3v) is 4.23. The second kappa shape index (κ2) is 4.85. The molecule has 1 atom stereocenters. The Hall–Kier alpha value is -1.97. The maximum Gasteiger partial charge on any atom is 0.336 e. The van der Waals surface area contributed by atoms with E-state index < -0.39 is 11.8 Å². The zero-order valence-corrected chi connectivity index (χ0v) is 11.3. The van der Waals surface area contributed by atoms with Gasteiger partial charge in [-0.2, -0.15) is 0 Å². The minimum atomic E-state index is -0.990. The molecule has 104 valence electrons. The zero-order valence-electron chi connectivity index (χ0n) is 11.3. The van der Waals surface area contributed by atoms with E-state index in [9.17, 15) is 14.3 Å². The lowest BCUT2D eigenvalue weighted by molar-refractivity contribution is 0.0697. The summed E-state index contributed by atoms with van der Waals surface area (Å²) in [6.45, 7) is 2.12. The predicted molar refractivity (Wildman–Crippen MR) is 74.5 cm³/mol. The fourth-order valence-electron chi connectivity index (χ4n) is 3.09. The van der Waals surface area contributed by atoms with Crippen LogP contribution < -0.4 is 0 Å². The first-order chi connectivity index (χ1) is 9.61. The number of carboxylic acids is 1. The molecule has 1 aromatic heterocycles. The summed E-state index contributed by atoms with van der Waals surface area (Å²) in [6.07, 6.45) is 3.49. The molecule has 1 N–H and O–H groups in total. The van der Waals surface area contributed by atoms with Crippen LogP contribution in [0.1, 0.15) is 41.4 Å². The number of halogens is 1. The number of para-hydroxylation sites is 1. The van der Waals surface area contributed by atoms with Crippen LogP contribution in [0.25, 0.3) is 10.9 Å². The van der Waals surface area contributed by atoms with Gasteiger partial charge in [-0.05, 0) is 36.8 Å². The topological polar surface area (TPSA) is 50.2 Å². The Kier molecular flexibility index (Phi) is 3.16. The third kappa shape index (κ3) is 1.96. The van der Waals surface area contributed by atoms with Crippen molar-refractivity contribution in [3.05, 3.63) is 40.8 Å². The molecule has 4 heteroatoms. The fraction of sp³-hybridized carbons (Fsp3) is 0.375. The van der Waals surface area contributed by atoms with Crippen LogP contribution in [0.15, 0.2) is 18.2 Å². The first-order valence-electron chi connectivity index (χ1n) is 6.95. The summed E-state index contributed by atoms with van der Waals surface area (Å²) in [5.41, 5.74) is 1.97. The molecule has 1 heterocycles. The van der Waals surface area contributed by atoms with Gasteiger partial charge >= 0.3 is 5.97 Å². The molecule has 1 unspecified atom stereocenters. The Bertz CT molecular complexity index is 696. The van der Waals surface area contributed by atoms with Crippen LogP contribution in [0, 0.1) is 11.7 Å². The molecule has 0 bridgehead atoms. The molecule has 0 aliphatic heterocycles. The molecular formula is C16H16FNO2. The highest BCUT2D eigenvalue weighted by atomic mass is 19.1. The molecule has 1 aliphatic rings. The maximum atomic E-state index is 13.9. The van der Waals surface area contributed by atoms with Crippen LogP contribution in [0.2, 0.25) is 0 Å². The van der Waals surface area contributed by atoms with Crippen LogP contribution >= 0.6 is 0 Å².